The molecule has 2 amide bonds. The summed E-state index contributed by atoms with van der Waals surface area (Å²) in [6, 6.07) is 9.92. The molecule has 0 aliphatic carbocycles. The molecule has 2 aromatic carbocycles. The average Bonchev–Trinajstić information content (AvgIpc) is 2.57. The van der Waals surface area contributed by atoms with Gasteiger partial charge in [0, 0.05) is 23.0 Å². The van der Waals surface area contributed by atoms with E-state index in [1.807, 2.05) is 6.92 Å². The number of aryl methyl sites for hydroxylation is 1. The maximum atomic E-state index is 12.5. The van der Waals surface area contributed by atoms with Crippen molar-refractivity contribution in [3.05, 3.63) is 57.6 Å². The normalized spacial score (nSPS) is 11.6. The zero-order valence-electron chi connectivity index (χ0n) is 14.7. The highest BCUT2D eigenvalue weighted by Gasteiger charge is 2.18. The Morgan fingerprint density at radius 1 is 1.15 bits per heavy atom. The molecular weight excluding hydrogens is 375 g/mol. The molecule has 0 bridgehead atoms. The fourth-order valence-electron chi connectivity index (χ4n) is 2.51. The highest BCUT2D eigenvalue weighted by molar-refractivity contribution is 6.31. The molecule has 2 N–H and O–H groups in total. The molecule has 0 heterocycles. The zero-order valence-corrected chi connectivity index (χ0v) is 16.2. The summed E-state index contributed by atoms with van der Waals surface area (Å²) < 4.78 is 5.27. The van der Waals surface area contributed by atoms with Gasteiger partial charge in [-0.2, -0.15) is 0 Å². The quantitative estimate of drug-likeness (QED) is 0.756. The maximum Gasteiger partial charge on any atom is 0.226 e. The second kappa shape index (κ2) is 8.92. The fourth-order valence-corrected chi connectivity index (χ4v) is 2.79. The number of hydrogen-bond donors (Lipinski definition) is 2. The van der Waals surface area contributed by atoms with Gasteiger partial charge in [0.1, 0.15) is 5.75 Å². The molecule has 5 nitrogen and oxygen atoms in total. The molecule has 2 rings (SSSR count). The van der Waals surface area contributed by atoms with E-state index in [1.165, 1.54) is 14.0 Å². The van der Waals surface area contributed by atoms with E-state index in [-0.39, 0.29) is 18.2 Å². The molecule has 1 unspecified atom stereocenters. The molecule has 0 saturated carbocycles. The smallest absolute Gasteiger partial charge is 0.226 e. The van der Waals surface area contributed by atoms with Crippen LogP contribution >= 0.6 is 23.2 Å². The molecule has 138 valence electrons. The number of methoxy groups -OCH3 is 1. The van der Waals surface area contributed by atoms with Crippen LogP contribution in [0.5, 0.6) is 5.75 Å². The predicted octanol–water partition coefficient (Wildman–Crippen LogP) is 4.52. The molecule has 0 aliphatic rings. The van der Waals surface area contributed by atoms with E-state index in [1.54, 1.807) is 36.4 Å². The molecule has 2 aromatic rings. The van der Waals surface area contributed by atoms with Gasteiger partial charge in [-0.15, -0.1) is 0 Å². The van der Waals surface area contributed by atoms with E-state index in [0.29, 0.717) is 21.5 Å². The van der Waals surface area contributed by atoms with Crippen molar-refractivity contribution in [1.82, 2.24) is 5.32 Å². The maximum absolute atomic E-state index is 12.5. The van der Waals surface area contributed by atoms with E-state index >= 15 is 0 Å². The molecule has 0 aromatic heterocycles. The third kappa shape index (κ3) is 5.38. The second-order valence-electron chi connectivity index (χ2n) is 5.86. The predicted molar refractivity (Wildman–Crippen MR) is 104 cm³/mol. The van der Waals surface area contributed by atoms with Crippen molar-refractivity contribution < 1.29 is 14.3 Å². The van der Waals surface area contributed by atoms with Crippen LogP contribution in [0.4, 0.5) is 5.69 Å². The molecule has 7 heteroatoms. The third-order valence-electron chi connectivity index (χ3n) is 3.79. The second-order valence-corrected chi connectivity index (χ2v) is 6.70. The van der Waals surface area contributed by atoms with Gasteiger partial charge in [-0.25, -0.2) is 0 Å². The third-order valence-corrected chi connectivity index (χ3v) is 4.45. The largest absolute Gasteiger partial charge is 0.495 e. The summed E-state index contributed by atoms with van der Waals surface area (Å²) in [5, 5.41) is 6.74. The molecule has 0 fully saturated rings. The minimum Gasteiger partial charge on any atom is -0.495 e. The van der Waals surface area contributed by atoms with Crippen molar-refractivity contribution in [2.45, 2.75) is 26.3 Å². The number of rotatable bonds is 6. The number of amides is 2. The van der Waals surface area contributed by atoms with Gasteiger partial charge in [0.25, 0.3) is 0 Å². The number of halogens is 2. The monoisotopic (exact) mass is 394 g/mol. The van der Waals surface area contributed by atoms with Crippen LogP contribution in [0.1, 0.15) is 30.5 Å². The lowest BCUT2D eigenvalue weighted by Crippen LogP contribution is -2.29. The lowest BCUT2D eigenvalue weighted by molar-refractivity contribution is -0.120. The van der Waals surface area contributed by atoms with E-state index < -0.39 is 6.04 Å². The lowest BCUT2D eigenvalue weighted by Gasteiger charge is -2.19. The molecule has 0 spiro atoms. The van der Waals surface area contributed by atoms with Gasteiger partial charge in [-0.05, 0) is 36.2 Å². The minimum absolute atomic E-state index is 0.0615. The van der Waals surface area contributed by atoms with Gasteiger partial charge < -0.3 is 15.4 Å². The Kier molecular flexibility index (Phi) is 6.89. The molecule has 26 heavy (non-hydrogen) atoms. The number of anilines is 1. The summed E-state index contributed by atoms with van der Waals surface area (Å²) in [7, 11) is 1.50. The summed E-state index contributed by atoms with van der Waals surface area (Å²) >= 11 is 12.0. The van der Waals surface area contributed by atoms with Crippen molar-refractivity contribution in [2.24, 2.45) is 0 Å². The van der Waals surface area contributed by atoms with Gasteiger partial charge in [0.15, 0.2) is 0 Å². The van der Waals surface area contributed by atoms with Crippen LogP contribution in [0.15, 0.2) is 36.4 Å². The van der Waals surface area contributed by atoms with Crippen molar-refractivity contribution in [3.63, 3.8) is 0 Å². The van der Waals surface area contributed by atoms with Crippen LogP contribution in [0.25, 0.3) is 0 Å². The summed E-state index contributed by atoms with van der Waals surface area (Å²) in [4.78, 5) is 24.0. The Morgan fingerprint density at radius 3 is 2.38 bits per heavy atom. The van der Waals surface area contributed by atoms with Crippen molar-refractivity contribution in [3.8, 4) is 5.75 Å². The Labute approximate surface area is 162 Å². The van der Waals surface area contributed by atoms with Crippen LogP contribution in [-0.4, -0.2) is 18.9 Å². The SMILES string of the molecule is COc1cc(Cl)c(C)cc1NC(=O)CC(NC(C)=O)c1ccc(Cl)cc1. The van der Waals surface area contributed by atoms with E-state index in [2.05, 4.69) is 10.6 Å². The highest BCUT2D eigenvalue weighted by atomic mass is 35.5. The van der Waals surface area contributed by atoms with Crippen LogP contribution in [0, 0.1) is 6.92 Å². The standard InChI is InChI=1S/C19H20Cl2N2O3/c1-11-8-17(18(26-3)9-15(11)21)23-19(25)10-16(22-12(2)24)13-4-6-14(20)7-5-13/h4-9,16H,10H2,1-3H3,(H,22,24)(H,23,25). The van der Waals surface area contributed by atoms with Crippen molar-refractivity contribution in [1.29, 1.82) is 0 Å². The van der Waals surface area contributed by atoms with Crippen LogP contribution < -0.4 is 15.4 Å². The number of ether oxygens (including phenoxy) is 1. The van der Waals surface area contributed by atoms with Gasteiger partial charge >= 0.3 is 0 Å². The molecular formula is C19H20Cl2N2O3. The summed E-state index contributed by atoms with van der Waals surface area (Å²) in [6.07, 6.45) is 0.0615. The summed E-state index contributed by atoms with van der Waals surface area (Å²) in [6.45, 7) is 3.25. The highest BCUT2D eigenvalue weighted by Crippen LogP contribution is 2.31. The number of hydrogen-bond acceptors (Lipinski definition) is 3. The van der Waals surface area contributed by atoms with Gasteiger partial charge in [0.2, 0.25) is 11.8 Å². The first-order valence-corrected chi connectivity index (χ1v) is 8.72. The van der Waals surface area contributed by atoms with Gasteiger partial charge in [0.05, 0.1) is 25.3 Å². The number of benzene rings is 2. The summed E-state index contributed by atoms with van der Waals surface area (Å²) in [5.74, 6) is -0.0205. The Balaban J connectivity index is 2.18. The van der Waals surface area contributed by atoms with Gasteiger partial charge in [-0.1, -0.05) is 35.3 Å². The van der Waals surface area contributed by atoms with E-state index in [0.717, 1.165) is 11.1 Å². The van der Waals surface area contributed by atoms with Crippen LogP contribution in [0.3, 0.4) is 0 Å². The van der Waals surface area contributed by atoms with Crippen LogP contribution in [0.2, 0.25) is 10.0 Å². The number of carbonyl (C=O) groups is 2. The minimum atomic E-state index is -0.468. The first-order chi connectivity index (χ1) is 12.3. The molecule has 1 atom stereocenters. The van der Waals surface area contributed by atoms with Crippen molar-refractivity contribution in [2.75, 3.05) is 12.4 Å². The Morgan fingerprint density at radius 2 is 1.81 bits per heavy atom. The fraction of sp³-hybridized carbons (Fsp3) is 0.263. The van der Waals surface area contributed by atoms with Crippen LogP contribution in [-0.2, 0) is 9.59 Å². The van der Waals surface area contributed by atoms with E-state index in [4.69, 9.17) is 27.9 Å². The molecule has 0 saturated heterocycles. The first-order valence-electron chi connectivity index (χ1n) is 7.96. The average molecular weight is 395 g/mol. The Bertz CT molecular complexity index is 807. The van der Waals surface area contributed by atoms with Gasteiger partial charge in [-0.3, -0.25) is 9.59 Å². The summed E-state index contributed by atoms with van der Waals surface area (Å²) in [5.41, 5.74) is 2.13. The van der Waals surface area contributed by atoms with Crippen molar-refractivity contribution >= 4 is 40.7 Å². The van der Waals surface area contributed by atoms with E-state index in [9.17, 15) is 9.59 Å². The zero-order chi connectivity index (χ0) is 19.3. The number of nitrogens with one attached hydrogen (secondary N) is 2. The first kappa shape index (κ1) is 20.1. The lowest BCUT2D eigenvalue weighted by atomic mass is 10.0. The molecule has 0 aliphatic heterocycles. The topological polar surface area (TPSA) is 67.4 Å². The molecule has 0 radical (unpaired) electrons. The number of carbonyl (C=O) groups excluding carboxylic acids is 2. The Hall–Kier alpha value is -2.24.